The van der Waals surface area contributed by atoms with E-state index in [-0.39, 0.29) is 30.3 Å². The van der Waals surface area contributed by atoms with E-state index < -0.39 is 67.3 Å². The van der Waals surface area contributed by atoms with Gasteiger partial charge in [-0.2, -0.15) is 31.1 Å². The minimum Gasteiger partial charge on any atom is -0.347 e. The summed E-state index contributed by atoms with van der Waals surface area (Å²) in [6, 6.07) is 0.840. The van der Waals surface area contributed by atoms with E-state index in [0.717, 1.165) is 30.6 Å². The number of pyridine rings is 1. The van der Waals surface area contributed by atoms with Gasteiger partial charge < -0.3 is 4.57 Å². The second kappa shape index (κ2) is 8.97. The first-order valence-electron chi connectivity index (χ1n) is 11.3. The standard InChI is InChI=1S/C24H24F7N3O2S/c1-22(2,3)12-34-11-16(21(24(29,30)31)33-37(35,36)13-6-7-13)14-9-18(25)15(10-19(14)34)20-17(23(26,27)28)5-4-8-32-20/h4-5,8-11,13,21,33H,6-7,12H2,1-3H3/t21-/m0/s1. The zero-order chi connectivity index (χ0) is 27.6. The number of nitrogens with one attached hydrogen (secondary N) is 1. The molecule has 0 bridgehead atoms. The number of sulfonamides is 1. The number of benzene rings is 1. The average molecular weight is 552 g/mol. The molecule has 1 aliphatic rings. The first-order valence-corrected chi connectivity index (χ1v) is 12.9. The summed E-state index contributed by atoms with van der Waals surface area (Å²) in [5.41, 5.74) is -3.48. The number of nitrogens with zero attached hydrogens (tertiary/aromatic N) is 2. The summed E-state index contributed by atoms with van der Waals surface area (Å²) < 4.78 is 126. The number of hydrogen-bond acceptors (Lipinski definition) is 3. The van der Waals surface area contributed by atoms with Gasteiger partial charge in [-0.05, 0) is 42.5 Å². The summed E-state index contributed by atoms with van der Waals surface area (Å²) in [5.74, 6) is -1.22. The Kier molecular flexibility index (Phi) is 6.63. The predicted molar refractivity (Wildman–Crippen MR) is 123 cm³/mol. The van der Waals surface area contributed by atoms with Crippen LogP contribution in [0.2, 0.25) is 0 Å². The summed E-state index contributed by atoms with van der Waals surface area (Å²) in [6.45, 7) is 5.49. The van der Waals surface area contributed by atoms with Crippen LogP contribution in [0.15, 0.2) is 36.7 Å². The topological polar surface area (TPSA) is 64.0 Å². The number of halogens is 7. The molecule has 1 aromatic carbocycles. The van der Waals surface area contributed by atoms with Crippen LogP contribution in [0.3, 0.4) is 0 Å². The van der Waals surface area contributed by atoms with Crippen molar-refractivity contribution >= 4 is 20.9 Å². The Morgan fingerprint density at radius 3 is 2.30 bits per heavy atom. The van der Waals surface area contributed by atoms with Crippen LogP contribution in [-0.2, 0) is 22.7 Å². The largest absolute Gasteiger partial charge is 0.418 e. The molecule has 1 N–H and O–H groups in total. The fourth-order valence-electron chi connectivity index (χ4n) is 4.19. The summed E-state index contributed by atoms with van der Waals surface area (Å²) in [7, 11) is -4.30. The van der Waals surface area contributed by atoms with Crippen molar-refractivity contribution < 1.29 is 39.2 Å². The molecule has 1 fully saturated rings. The maximum atomic E-state index is 15.3. The van der Waals surface area contributed by atoms with Crippen molar-refractivity contribution in [1.29, 1.82) is 0 Å². The van der Waals surface area contributed by atoms with Gasteiger partial charge in [-0.3, -0.25) is 4.98 Å². The van der Waals surface area contributed by atoms with E-state index in [1.165, 1.54) is 4.57 Å². The van der Waals surface area contributed by atoms with Gasteiger partial charge in [0.2, 0.25) is 10.0 Å². The van der Waals surface area contributed by atoms with E-state index in [1.807, 2.05) is 0 Å². The maximum absolute atomic E-state index is 15.3. The molecular weight excluding hydrogens is 527 g/mol. The van der Waals surface area contributed by atoms with Crippen LogP contribution in [0.25, 0.3) is 22.2 Å². The number of fused-ring (bicyclic) bond motifs is 1. The quantitative estimate of drug-likeness (QED) is 0.352. The molecule has 202 valence electrons. The molecule has 0 radical (unpaired) electrons. The molecule has 5 nitrogen and oxygen atoms in total. The second-order valence-corrected chi connectivity index (χ2v) is 12.3. The van der Waals surface area contributed by atoms with Gasteiger partial charge in [0, 0.05) is 41.0 Å². The normalized spacial score (nSPS) is 16.4. The number of hydrogen-bond donors (Lipinski definition) is 1. The van der Waals surface area contributed by atoms with Crippen molar-refractivity contribution in [1.82, 2.24) is 14.3 Å². The van der Waals surface area contributed by atoms with E-state index in [9.17, 15) is 34.8 Å². The van der Waals surface area contributed by atoms with E-state index in [2.05, 4.69) is 4.98 Å². The lowest BCUT2D eigenvalue weighted by Gasteiger charge is -2.22. The van der Waals surface area contributed by atoms with Gasteiger partial charge in [-0.25, -0.2) is 12.8 Å². The van der Waals surface area contributed by atoms with Gasteiger partial charge in [0.1, 0.15) is 11.9 Å². The van der Waals surface area contributed by atoms with Crippen LogP contribution in [-0.4, -0.2) is 29.4 Å². The first kappa shape index (κ1) is 27.4. The number of rotatable bonds is 6. The van der Waals surface area contributed by atoms with Crippen molar-refractivity contribution in [3.8, 4) is 11.3 Å². The molecule has 0 amide bonds. The Balaban J connectivity index is 1.97. The predicted octanol–water partition coefficient (Wildman–Crippen LogP) is 6.59. The lowest BCUT2D eigenvalue weighted by Crippen LogP contribution is -2.39. The Hall–Kier alpha value is -2.67. The lowest BCUT2D eigenvalue weighted by atomic mass is 9.96. The van der Waals surface area contributed by atoms with Gasteiger partial charge in [-0.1, -0.05) is 20.8 Å². The summed E-state index contributed by atoms with van der Waals surface area (Å²) in [6.07, 6.45) is -7.32. The third-order valence-corrected chi connectivity index (χ3v) is 7.81. The first-order chi connectivity index (χ1) is 16.9. The molecule has 2 aromatic heterocycles. The highest BCUT2D eigenvalue weighted by Crippen LogP contribution is 2.43. The van der Waals surface area contributed by atoms with Crippen LogP contribution >= 0.6 is 0 Å². The molecule has 1 saturated carbocycles. The Bertz CT molecular complexity index is 1430. The smallest absolute Gasteiger partial charge is 0.347 e. The van der Waals surface area contributed by atoms with Crippen LogP contribution < -0.4 is 4.72 Å². The van der Waals surface area contributed by atoms with Crippen molar-refractivity contribution in [2.75, 3.05) is 0 Å². The minimum absolute atomic E-state index is 0.0139. The van der Waals surface area contributed by atoms with E-state index in [1.54, 1.807) is 25.5 Å². The van der Waals surface area contributed by atoms with Crippen molar-refractivity contribution in [2.24, 2.45) is 5.41 Å². The highest BCUT2D eigenvalue weighted by molar-refractivity contribution is 7.90. The Labute approximate surface area is 208 Å². The van der Waals surface area contributed by atoms with Gasteiger partial charge in [0.25, 0.3) is 0 Å². The second-order valence-electron chi connectivity index (χ2n) is 10.4. The number of aromatic nitrogens is 2. The van der Waals surface area contributed by atoms with E-state index in [0.29, 0.717) is 6.07 Å². The molecule has 4 rings (SSSR count). The molecule has 0 spiro atoms. The zero-order valence-electron chi connectivity index (χ0n) is 20.0. The highest BCUT2D eigenvalue weighted by Gasteiger charge is 2.48. The highest BCUT2D eigenvalue weighted by atomic mass is 32.2. The molecule has 0 unspecified atom stereocenters. The van der Waals surface area contributed by atoms with Crippen molar-refractivity contribution in [3.05, 3.63) is 53.6 Å². The van der Waals surface area contributed by atoms with Crippen LogP contribution in [0.4, 0.5) is 30.7 Å². The van der Waals surface area contributed by atoms with Crippen molar-refractivity contribution in [3.63, 3.8) is 0 Å². The Morgan fingerprint density at radius 1 is 1.11 bits per heavy atom. The molecule has 0 saturated heterocycles. The lowest BCUT2D eigenvalue weighted by molar-refractivity contribution is -0.152. The minimum atomic E-state index is -5.07. The fourth-order valence-corrected chi connectivity index (χ4v) is 5.72. The maximum Gasteiger partial charge on any atom is 0.418 e. The summed E-state index contributed by atoms with van der Waals surface area (Å²) in [4.78, 5) is 3.70. The van der Waals surface area contributed by atoms with Gasteiger partial charge >= 0.3 is 12.4 Å². The number of alkyl halides is 6. The van der Waals surface area contributed by atoms with Gasteiger partial charge in [0.15, 0.2) is 0 Å². The molecule has 0 aliphatic heterocycles. The van der Waals surface area contributed by atoms with Crippen molar-refractivity contribution in [2.45, 2.75) is 63.8 Å². The molecule has 1 atom stereocenters. The fraction of sp³-hybridized carbons (Fsp3) is 0.458. The molecular formula is C24H24F7N3O2S. The third kappa shape index (κ3) is 5.77. The van der Waals surface area contributed by atoms with E-state index >= 15 is 4.39 Å². The zero-order valence-corrected chi connectivity index (χ0v) is 20.8. The summed E-state index contributed by atoms with van der Waals surface area (Å²) >= 11 is 0. The molecule has 3 aromatic rings. The van der Waals surface area contributed by atoms with Crippen LogP contribution in [0.5, 0.6) is 0 Å². The summed E-state index contributed by atoms with van der Waals surface area (Å²) in [5, 5.41) is -1.20. The van der Waals surface area contributed by atoms with Crippen LogP contribution in [0, 0.1) is 11.2 Å². The molecule has 37 heavy (non-hydrogen) atoms. The van der Waals surface area contributed by atoms with Crippen LogP contribution in [0.1, 0.15) is 50.8 Å². The monoisotopic (exact) mass is 551 g/mol. The van der Waals surface area contributed by atoms with Gasteiger partial charge in [-0.15, -0.1) is 0 Å². The van der Waals surface area contributed by atoms with E-state index in [4.69, 9.17) is 0 Å². The molecule has 13 heteroatoms. The Morgan fingerprint density at radius 2 is 1.76 bits per heavy atom. The molecule has 2 heterocycles. The SMILES string of the molecule is CC(C)(C)Cn1cc([C@H](NS(=O)(=O)C2CC2)C(F)(F)F)c2cc(F)c(-c3ncccc3C(F)(F)F)cc21. The van der Waals surface area contributed by atoms with Gasteiger partial charge in [0.05, 0.1) is 16.5 Å². The third-order valence-electron chi connectivity index (χ3n) is 5.90. The molecule has 1 aliphatic carbocycles. The average Bonchev–Trinajstić information content (AvgIpc) is 3.55.